The summed E-state index contributed by atoms with van der Waals surface area (Å²) >= 11 is 0. The minimum absolute atomic E-state index is 0.0784. The van der Waals surface area contributed by atoms with Gasteiger partial charge in [-0.25, -0.2) is 8.42 Å². The standard InChI is InChI=1S/C33H43N3O5S/c1-24(2)27-16-18-28(19-17-27)36(42(7,39)40)23-31(37)35(22-26-14-11-15-29(20-26)41-6)30(32(38)34-33(3,4)5)21-25-12-9-8-10-13-25/h8-20,24,30H,21-23H2,1-7H3,(H,34,38)/t30-/m1/s1. The molecule has 0 aliphatic rings. The van der Waals surface area contributed by atoms with Crippen molar-refractivity contribution in [2.24, 2.45) is 0 Å². The monoisotopic (exact) mass is 593 g/mol. The van der Waals surface area contributed by atoms with Crippen molar-refractivity contribution in [3.8, 4) is 5.75 Å². The lowest BCUT2D eigenvalue weighted by molar-refractivity contribution is -0.140. The van der Waals surface area contributed by atoms with E-state index in [1.165, 1.54) is 4.90 Å². The van der Waals surface area contributed by atoms with Gasteiger partial charge in [0.25, 0.3) is 0 Å². The third-order valence-corrected chi connectivity index (χ3v) is 7.92. The number of carbonyl (C=O) groups is 2. The molecular formula is C33H43N3O5S. The van der Waals surface area contributed by atoms with Crippen molar-refractivity contribution in [1.29, 1.82) is 0 Å². The van der Waals surface area contributed by atoms with E-state index >= 15 is 0 Å². The first-order valence-corrected chi connectivity index (χ1v) is 15.9. The van der Waals surface area contributed by atoms with E-state index < -0.39 is 34.1 Å². The molecule has 1 N–H and O–H groups in total. The smallest absolute Gasteiger partial charge is 0.244 e. The highest BCUT2D eigenvalue weighted by atomic mass is 32.2. The van der Waals surface area contributed by atoms with Gasteiger partial charge in [0, 0.05) is 18.5 Å². The molecule has 0 unspecified atom stereocenters. The molecule has 1 atom stereocenters. The molecule has 2 amide bonds. The molecule has 8 nitrogen and oxygen atoms in total. The van der Waals surface area contributed by atoms with Crippen molar-refractivity contribution in [1.82, 2.24) is 10.2 Å². The Morgan fingerprint density at radius 2 is 1.52 bits per heavy atom. The fourth-order valence-corrected chi connectivity index (χ4v) is 5.46. The van der Waals surface area contributed by atoms with Gasteiger partial charge in [0.05, 0.1) is 19.1 Å². The summed E-state index contributed by atoms with van der Waals surface area (Å²) in [7, 11) is -2.27. The van der Waals surface area contributed by atoms with E-state index in [4.69, 9.17) is 4.74 Å². The predicted octanol–water partition coefficient (Wildman–Crippen LogP) is 5.14. The van der Waals surface area contributed by atoms with Crippen molar-refractivity contribution in [2.45, 2.75) is 65.1 Å². The third kappa shape index (κ3) is 9.34. The summed E-state index contributed by atoms with van der Waals surface area (Å²) in [5, 5.41) is 3.03. The van der Waals surface area contributed by atoms with Crippen molar-refractivity contribution in [2.75, 3.05) is 24.2 Å². The molecule has 0 bridgehead atoms. The first-order chi connectivity index (χ1) is 19.7. The molecule has 226 valence electrons. The molecule has 0 spiro atoms. The zero-order valence-electron chi connectivity index (χ0n) is 25.6. The molecule has 9 heteroatoms. The number of methoxy groups -OCH3 is 1. The Morgan fingerprint density at radius 3 is 2.07 bits per heavy atom. The quantitative estimate of drug-likeness (QED) is 0.314. The number of amides is 2. The van der Waals surface area contributed by atoms with Gasteiger partial charge in [-0.05, 0) is 67.6 Å². The molecule has 0 saturated heterocycles. The summed E-state index contributed by atoms with van der Waals surface area (Å²) in [4.78, 5) is 29.5. The number of benzene rings is 3. The topological polar surface area (TPSA) is 96.0 Å². The number of nitrogens with zero attached hydrogens (tertiary/aromatic N) is 2. The van der Waals surface area contributed by atoms with Crippen LogP contribution in [0.3, 0.4) is 0 Å². The second-order valence-corrected chi connectivity index (χ2v) is 13.7. The molecule has 3 rings (SSSR count). The minimum atomic E-state index is -3.83. The lowest BCUT2D eigenvalue weighted by atomic mass is 10.0. The minimum Gasteiger partial charge on any atom is -0.497 e. The molecule has 0 radical (unpaired) electrons. The van der Waals surface area contributed by atoms with E-state index in [1.807, 2.05) is 75.4 Å². The first kappa shape index (κ1) is 32.7. The summed E-state index contributed by atoms with van der Waals surface area (Å²) in [6.45, 7) is 9.37. The average Bonchev–Trinajstić information content (AvgIpc) is 2.92. The van der Waals surface area contributed by atoms with Crippen LogP contribution in [0.5, 0.6) is 5.75 Å². The second-order valence-electron chi connectivity index (χ2n) is 11.8. The number of anilines is 1. The van der Waals surface area contributed by atoms with Gasteiger partial charge in [0.1, 0.15) is 18.3 Å². The Hall–Kier alpha value is -3.85. The van der Waals surface area contributed by atoms with E-state index in [0.717, 1.165) is 27.3 Å². The zero-order valence-corrected chi connectivity index (χ0v) is 26.4. The molecule has 0 heterocycles. The van der Waals surface area contributed by atoms with Crippen LogP contribution in [0.4, 0.5) is 5.69 Å². The Labute approximate surface area is 250 Å². The number of sulfonamides is 1. The second kappa shape index (κ2) is 13.9. The number of hydrogen-bond donors (Lipinski definition) is 1. The number of carbonyl (C=O) groups excluding carboxylic acids is 2. The van der Waals surface area contributed by atoms with Crippen molar-refractivity contribution < 1.29 is 22.7 Å². The highest BCUT2D eigenvalue weighted by molar-refractivity contribution is 7.92. The summed E-state index contributed by atoms with van der Waals surface area (Å²) < 4.78 is 32.5. The maximum absolute atomic E-state index is 14.2. The van der Waals surface area contributed by atoms with Crippen molar-refractivity contribution in [3.05, 3.63) is 95.6 Å². The average molecular weight is 594 g/mol. The van der Waals surface area contributed by atoms with E-state index in [2.05, 4.69) is 19.2 Å². The zero-order chi connectivity index (χ0) is 31.1. The van der Waals surface area contributed by atoms with E-state index in [1.54, 1.807) is 31.4 Å². The fraction of sp³-hybridized carbons (Fsp3) is 0.394. The predicted molar refractivity (Wildman–Crippen MR) is 168 cm³/mol. The van der Waals surface area contributed by atoms with Crippen LogP contribution in [0.15, 0.2) is 78.9 Å². The maximum Gasteiger partial charge on any atom is 0.244 e. The number of hydrogen-bond acceptors (Lipinski definition) is 5. The molecule has 0 aromatic heterocycles. The van der Waals surface area contributed by atoms with Gasteiger partial charge in [0.15, 0.2) is 0 Å². The summed E-state index contributed by atoms with van der Waals surface area (Å²) in [5.41, 5.74) is 2.51. The molecule has 0 saturated carbocycles. The Kier molecular flexibility index (Phi) is 10.8. The summed E-state index contributed by atoms with van der Waals surface area (Å²) in [6.07, 6.45) is 1.33. The fourth-order valence-electron chi connectivity index (χ4n) is 4.61. The van der Waals surface area contributed by atoms with Gasteiger partial charge in [-0.3, -0.25) is 13.9 Å². The lowest BCUT2D eigenvalue weighted by Crippen LogP contribution is -2.56. The highest BCUT2D eigenvalue weighted by Gasteiger charge is 2.34. The molecule has 3 aromatic carbocycles. The first-order valence-electron chi connectivity index (χ1n) is 14.0. The Bertz CT molecular complexity index is 1450. The summed E-state index contributed by atoms with van der Waals surface area (Å²) in [5.74, 6) is 0.0587. The SMILES string of the molecule is COc1cccc(CN(C(=O)CN(c2ccc(C(C)C)cc2)S(C)(=O)=O)[C@H](Cc2ccccc2)C(=O)NC(C)(C)C)c1. The van der Waals surface area contributed by atoms with Crippen LogP contribution >= 0.6 is 0 Å². The largest absolute Gasteiger partial charge is 0.497 e. The van der Waals surface area contributed by atoms with E-state index in [-0.39, 0.29) is 24.8 Å². The normalized spacial score (nSPS) is 12.5. The molecule has 0 aliphatic carbocycles. The lowest BCUT2D eigenvalue weighted by Gasteiger charge is -2.35. The highest BCUT2D eigenvalue weighted by Crippen LogP contribution is 2.24. The summed E-state index contributed by atoms with van der Waals surface area (Å²) in [6, 6.07) is 23.0. The Morgan fingerprint density at radius 1 is 0.905 bits per heavy atom. The van der Waals surface area contributed by atoms with E-state index in [0.29, 0.717) is 11.4 Å². The van der Waals surface area contributed by atoms with Crippen LogP contribution in [0.25, 0.3) is 0 Å². The third-order valence-electron chi connectivity index (χ3n) is 6.78. The molecule has 0 aliphatic heterocycles. The van der Waals surface area contributed by atoms with Gasteiger partial charge in [-0.15, -0.1) is 0 Å². The number of nitrogens with one attached hydrogen (secondary N) is 1. The van der Waals surface area contributed by atoms with Gasteiger partial charge < -0.3 is 15.0 Å². The molecule has 3 aromatic rings. The maximum atomic E-state index is 14.2. The van der Waals surface area contributed by atoms with Crippen LogP contribution in [0.2, 0.25) is 0 Å². The van der Waals surface area contributed by atoms with E-state index in [9.17, 15) is 18.0 Å². The molecular weight excluding hydrogens is 550 g/mol. The van der Waals surface area contributed by atoms with Crippen molar-refractivity contribution >= 4 is 27.5 Å². The van der Waals surface area contributed by atoms with Crippen LogP contribution in [0, 0.1) is 0 Å². The number of rotatable bonds is 12. The molecule has 0 fully saturated rings. The Balaban J connectivity index is 2.08. The number of ether oxygens (including phenoxy) is 1. The van der Waals surface area contributed by atoms with Gasteiger partial charge in [-0.1, -0.05) is 68.4 Å². The van der Waals surface area contributed by atoms with Crippen molar-refractivity contribution in [3.63, 3.8) is 0 Å². The van der Waals surface area contributed by atoms with Crippen LogP contribution < -0.4 is 14.4 Å². The van der Waals surface area contributed by atoms with Crippen LogP contribution in [0.1, 0.15) is 57.2 Å². The van der Waals surface area contributed by atoms with Gasteiger partial charge >= 0.3 is 0 Å². The van der Waals surface area contributed by atoms with Crippen LogP contribution in [-0.4, -0.2) is 56.6 Å². The van der Waals surface area contributed by atoms with Gasteiger partial charge in [-0.2, -0.15) is 0 Å². The van der Waals surface area contributed by atoms with Crippen LogP contribution in [-0.2, 0) is 32.6 Å². The molecule has 42 heavy (non-hydrogen) atoms. The van der Waals surface area contributed by atoms with Gasteiger partial charge in [0.2, 0.25) is 21.8 Å².